The van der Waals surface area contributed by atoms with Gasteiger partial charge in [-0.2, -0.15) is 5.26 Å². The van der Waals surface area contributed by atoms with Crippen molar-refractivity contribution in [2.45, 2.75) is 4.90 Å². The molecule has 0 aliphatic rings. The van der Waals surface area contributed by atoms with E-state index < -0.39 is 9.05 Å². The molecule has 1 rings (SSSR count). The summed E-state index contributed by atoms with van der Waals surface area (Å²) in [5.41, 5.74) is 0.231. The molecular formula is C7H2Cl2INO2S. The van der Waals surface area contributed by atoms with Crippen molar-refractivity contribution in [3.8, 4) is 6.07 Å². The number of nitrogens with zero attached hydrogens (tertiary/aromatic N) is 1. The maximum Gasteiger partial charge on any atom is 0.263 e. The Kier molecular flexibility index (Phi) is 3.63. The molecule has 1 aromatic carbocycles. The molecule has 74 valence electrons. The third kappa shape index (κ3) is 2.31. The summed E-state index contributed by atoms with van der Waals surface area (Å²) in [6.07, 6.45) is 0. The molecule has 0 spiro atoms. The minimum absolute atomic E-state index is 0.0170. The molecule has 1 aromatic rings. The Morgan fingerprint density at radius 1 is 1.43 bits per heavy atom. The minimum atomic E-state index is -3.92. The average molecular weight is 362 g/mol. The topological polar surface area (TPSA) is 57.9 Å². The zero-order valence-electron chi connectivity index (χ0n) is 6.46. The quantitative estimate of drug-likeness (QED) is 0.570. The second-order valence-corrected chi connectivity index (χ2v) is 6.28. The van der Waals surface area contributed by atoms with Crippen LogP contribution in [-0.4, -0.2) is 8.42 Å². The van der Waals surface area contributed by atoms with Crippen LogP contribution in [0.4, 0.5) is 0 Å². The zero-order valence-corrected chi connectivity index (χ0v) is 10.9. The molecule has 0 fully saturated rings. The summed E-state index contributed by atoms with van der Waals surface area (Å²) in [4.78, 5) is -0.208. The van der Waals surface area contributed by atoms with Crippen LogP contribution in [0.2, 0.25) is 5.02 Å². The first-order valence-corrected chi connectivity index (χ1v) is 6.97. The van der Waals surface area contributed by atoms with Gasteiger partial charge in [-0.25, -0.2) is 8.42 Å². The predicted molar refractivity (Wildman–Crippen MR) is 61.9 cm³/mol. The van der Waals surface area contributed by atoms with Gasteiger partial charge in [0.15, 0.2) is 0 Å². The molecule has 14 heavy (non-hydrogen) atoms. The van der Waals surface area contributed by atoms with Crippen LogP contribution in [0.15, 0.2) is 17.0 Å². The van der Waals surface area contributed by atoms with E-state index in [0.717, 1.165) is 0 Å². The normalized spacial score (nSPS) is 11.0. The van der Waals surface area contributed by atoms with Gasteiger partial charge in [0.05, 0.1) is 14.2 Å². The molecule has 0 amide bonds. The third-order valence-corrected chi connectivity index (χ3v) is 4.70. The lowest BCUT2D eigenvalue weighted by molar-refractivity contribution is 0.609. The van der Waals surface area contributed by atoms with Crippen molar-refractivity contribution in [2.24, 2.45) is 0 Å². The van der Waals surface area contributed by atoms with Crippen LogP contribution in [0.25, 0.3) is 0 Å². The number of hydrogen-bond acceptors (Lipinski definition) is 3. The van der Waals surface area contributed by atoms with Crippen molar-refractivity contribution in [2.75, 3.05) is 0 Å². The lowest BCUT2D eigenvalue weighted by Gasteiger charge is -2.03. The van der Waals surface area contributed by atoms with Crippen molar-refractivity contribution in [3.05, 3.63) is 26.3 Å². The molecule has 0 aliphatic heterocycles. The monoisotopic (exact) mass is 361 g/mol. The van der Waals surface area contributed by atoms with Crippen LogP contribution in [0.3, 0.4) is 0 Å². The Bertz CT molecular complexity index is 521. The Labute approximate surface area is 104 Å². The van der Waals surface area contributed by atoms with Gasteiger partial charge in [-0.1, -0.05) is 11.6 Å². The highest BCUT2D eigenvalue weighted by atomic mass is 127. The van der Waals surface area contributed by atoms with Gasteiger partial charge in [0.1, 0.15) is 11.0 Å². The summed E-state index contributed by atoms with van der Waals surface area (Å²) < 4.78 is 22.5. The fourth-order valence-electron chi connectivity index (χ4n) is 0.842. The van der Waals surface area contributed by atoms with Gasteiger partial charge in [-0.05, 0) is 34.7 Å². The second-order valence-electron chi connectivity index (χ2n) is 2.29. The molecule has 0 unspecified atom stereocenters. The number of benzene rings is 1. The van der Waals surface area contributed by atoms with Gasteiger partial charge in [-0.15, -0.1) is 0 Å². The minimum Gasteiger partial charge on any atom is -0.207 e. The van der Waals surface area contributed by atoms with Crippen LogP contribution in [0, 0.1) is 14.9 Å². The average Bonchev–Trinajstić information content (AvgIpc) is 2.02. The lowest BCUT2D eigenvalue weighted by atomic mass is 10.2. The van der Waals surface area contributed by atoms with Gasteiger partial charge < -0.3 is 0 Å². The van der Waals surface area contributed by atoms with Crippen molar-refractivity contribution in [1.82, 2.24) is 0 Å². The number of halogens is 3. The predicted octanol–water partition coefficient (Wildman–Crippen LogP) is 2.74. The summed E-state index contributed by atoms with van der Waals surface area (Å²) in [6.45, 7) is 0. The highest BCUT2D eigenvalue weighted by molar-refractivity contribution is 14.1. The molecule has 0 saturated heterocycles. The lowest BCUT2D eigenvalue weighted by Crippen LogP contribution is -1.98. The summed E-state index contributed by atoms with van der Waals surface area (Å²) >= 11 is 7.39. The van der Waals surface area contributed by atoms with Crippen LogP contribution < -0.4 is 0 Å². The Balaban J connectivity index is 3.68. The Morgan fingerprint density at radius 3 is 2.43 bits per heavy atom. The molecule has 0 aliphatic carbocycles. The molecule has 0 aromatic heterocycles. The van der Waals surface area contributed by atoms with E-state index in [0.29, 0.717) is 0 Å². The molecule has 0 N–H and O–H groups in total. The first-order valence-electron chi connectivity index (χ1n) is 3.20. The highest BCUT2D eigenvalue weighted by Gasteiger charge is 2.20. The Morgan fingerprint density at radius 2 is 2.00 bits per heavy atom. The molecule has 0 radical (unpaired) electrons. The molecule has 0 bridgehead atoms. The van der Waals surface area contributed by atoms with Gasteiger partial charge in [-0.3, -0.25) is 0 Å². The van der Waals surface area contributed by atoms with Crippen molar-refractivity contribution in [1.29, 1.82) is 5.26 Å². The SMILES string of the molecule is N#Cc1ccc(Cl)c(S(=O)(=O)Cl)c1I. The van der Waals surface area contributed by atoms with Crippen molar-refractivity contribution in [3.63, 3.8) is 0 Å². The highest BCUT2D eigenvalue weighted by Crippen LogP contribution is 2.31. The van der Waals surface area contributed by atoms with Crippen LogP contribution in [-0.2, 0) is 9.05 Å². The van der Waals surface area contributed by atoms with E-state index in [2.05, 4.69) is 0 Å². The van der Waals surface area contributed by atoms with Crippen LogP contribution in [0.5, 0.6) is 0 Å². The van der Waals surface area contributed by atoms with Gasteiger partial charge >= 0.3 is 0 Å². The first kappa shape index (κ1) is 12.0. The van der Waals surface area contributed by atoms with Gasteiger partial charge in [0, 0.05) is 10.7 Å². The number of nitriles is 1. The molecule has 0 atom stereocenters. The molecule has 0 saturated carbocycles. The third-order valence-electron chi connectivity index (χ3n) is 1.41. The summed E-state index contributed by atoms with van der Waals surface area (Å²) in [5, 5.41) is 8.68. The van der Waals surface area contributed by atoms with Crippen LogP contribution in [0.1, 0.15) is 5.56 Å². The van der Waals surface area contributed by atoms with E-state index >= 15 is 0 Å². The van der Waals surface area contributed by atoms with E-state index in [-0.39, 0.29) is 19.1 Å². The summed E-state index contributed by atoms with van der Waals surface area (Å²) in [7, 11) is 1.26. The van der Waals surface area contributed by atoms with Gasteiger partial charge in [0.2, 0.25) is 0 Å². The fraction of sp³-hybridized carbons (Fsp3) is 0. The van der Waals surface area contributed by atoms with E-state index in [1.807, 2.05) is 6.07 Å². The van der Waals surface area contributed by atoms with E-state index in [9.17, 15) is 8.42 Å². The van der Waals surface area contributed by atoms with Crippen LogP contribution >= 0.6 is 44.9 Å². The summed E-state index contributed by atoms with van der Waals surface area (Å²) in [5.74, 6) is 0. The molecule has 3 nitrogen and oxygen atoms in total. The summed E-state index contributed by atoms with van der Waals surface area (Å²) in [6, 6.07) is 4.62. The van der Waals surface area contributed by atoms with Gasteiger partial charge in [0.25, 0.3) is 9.05 Å². The molecular weight excluding hydrogens is 360 g/mol. The van der Waals surface area contributed by atoms with E-state index in [4.69, 9.17) is 27.5 Å². The maximum atomic E-state index is 11.1. The molecule has 0 heterocycles. The fourth-order valence-corrected chi connectivity index (χ4v) is 4.54. The second kappa shape index (κ2) is 4.23. The van der Waals surface area contributed by atoms with Crippen molar-refractivity contribution >= 4 is 53.9 Å². The largest absolute Gasteiger partial charge is 0.263 e. The standard InChI is InChI=1S/C7H2Cl2INO2S/c8-5-2-1-4(3-11)6(10)7(5)14(9,12)13/h1-2H. The number of rotatable bonds is 1. The number of hydrogen-bond donors (Lipinski definition) is 0. The maximum absolute atomic E-state index is 11.1. The van der Waals surface area contributed by atoms with E-state index in [1.54, 1.807) is 22.6 Å². The molecule has 7 heteroatoms. The van der Waals surface area contributed by atoms with Crippen molar-refractivity contribution < 1.29 is 8.42 Å². The zero-order chi connectivity index (χ0) is 10.9. The van der Waals surface area contributed by atoms with E-state index in [1.165, 1.54) is 12.1 Å². The first-order chi connectivity index (χ1) is 6.38. The Hall–Kier alpha value is -0.0300. The smallest absolute Gasteiger partial charge is 0.207 e.